The van der Waals surface area contributed by atoms with E-state index in [1.165, 1.54) is 18.3 Å². The van der Waals surface area contributed by atoms with E-state index in [9.17, 15) is 18.0 Å². The van der Waals surface area contributed by atoms with Crippen molar-refractivity contribution in [2.75, 3.05) is 13.6 Å². The SMILES string of the molecule is CCN(C)Cc1cccc(CNC(=O)c2cccnc2SC(F)(F)F)c1. The third-order valence-electron chi connectivity index (χ3n) is 3.66. The molecule has 4 nitrogen and oxygen atoms in total. The second kappa shape index (κ2) is 9.05. The summed E-state index contributed by atoms with van der Waals surface area (Å²) in [5.74, 6) is -0.582. The zero-order chi connectivity index (χ0) is 19.2. The Morgan fingerprint density at radius 2 is 1.96 bits per heavy atom. The number of carbonyl (C=O) groups is 1. The number of halogens is 3. The van der Waals surface area contributed by atoms with Crippen LogP contribution < -0.4 is 5.32 Å². The van der Waals surface area contributed by atoms with E-state index in [4.69, 9.17) is 0 Å². The van der Waals surface area contributed by atoms with Gasteiger partial charge in [0.05, 0.1) is 5.56 Å². The van der Waals surface area contributed by atoms with Crippen molar-refractivity contribution < 1.29 is 18.0 Å². The lowest BCUT2D eigenvalue weighted by Crippen LogP contribution is -2.24. The minimum Gasteiger partial charge on any atom is -0.348 e. The highest BCUT2D eigenvalue weighted by atomic mass is 32.2. The first kappa shape index (κ1) is 20.3. The van der Waals surface area contributed by atoms with E-state index in [1.807, 2.05) is 31.3 Å². The molecule has 0 unspecified atom stereocenters. The number of rotatable bonds is 7. The molecule has 2 aromatic rings. The number of hydrogen-bond donors (Lipinski definition) is 1. The van der Waals surface area contributed by atoms with Crippen molar-refractivity contribution >= 4 is 17.7 Å². The maximum atomic E-state index is 12.6. The van der Waals surface area contributed by atoms with Gasteiger partial charge in [-0.25, -0.2) is 4.98 Å². The molecule has 0 radical (unpaired) electrons. The Morgan fingerprint density at radius 1 is 1.23 bits per heavy atom. The van der Waals surface area contributed by atoms with Crippen LogP contribution in [0.1, 0.15) is 28.4 Å². The van der Waals surface area contributed by atoms with Gasteiger partial charge in [-0.2, -0.15) is 13.2 Å². The summed E-state index contributed by atoms with van der Waals surface area (Å²) < 4.78 is 37.8. The Hall–Kier alpha value is -2.06. The molecule has 2 rings (SSSR count). The standard InChI is InChI=1S/C18H20F3N3OS/c1-3-24(2)12-14-7-4-6-13(10-14)11-23-16(25)15-8-5-9-22-17(15)26-18(19,20)21/h4-10H,3,11-12H2,1-2H3,(H,23,25). The Morgan fingerprint density at radius 3 is 2.65 bits per heavy atom. The fourth-order valence-corrected chi connectivity index (χ4v) is 2.90. The topological polar surface area (TPSA) is 45.2 Å². The van der Waals surface area contributed by atoms with E-state index < -0.39 is 11.4 Å². The maximum Gasteiger partial charge on any atom is 0.447 e. The minimum atomic E-state index is -4.50. The van der Waals surface area contributed by atoms with Crippen molar-refractivity contribution in [3.63, 3.8) is 0 Å². The molecule has 1 aromatic carbocycles. The average Bonchev–Trinajstić information content (AvgIpc) is 2.59. The quantitative estimate of drug-likeness (QED) is 0.732. The third kappa shape index (κ3) is 6.34. The molecule has 1 N–H and O–H groups in total. The van der Waals surface area contributed by atoms with Crippen LogP contribution in [0.15, 0.2) is 47.6 Å². The summed E-state index contributed by atoms with van der Waals surface area (Å²) in [5, 5.41) is 2.31. The summed E-state index contributed by atoms with van der Waals surface area (Å²) in [6, 6.07) is 10.5. The van der Waals surface area contributed by atoms with E-state index in [1.54, 1.807) is 0 Å². The van der Waals surface area contributed by atoms with Gasteiger partial charge in [-0.05, 0) is 36.9 Å². The molecule has 1 amide bonds. The number of amides is 1. The number of pyridine rings is 1. The summed E-state index contributed by atoms with van der Waals surface area (Å²) in [5.41, 5.74) is -2.59. The first-order valence-corrected chi connectivity index (χ1v) is 8.85. The van der Waals surface area contributed by atoms with E-state index in [0.29, 0.717) is 0 Å². The molecule has 1 aromatic heterocycles. The lowest BCUT2D eigenvalue weighted by Gasteiger charge is -2.15. The fraction of sp³-hybridized carbons (Fsp3) is 0.333. The van der Waals surface area contributed by atoms with Gasteiger partial charge in [0.2, 0.25) is 0 Å². The van der Waals surface area contributed by atoms with Crippen LogP contribution in [0.3, 0.4) is 0 Å². The zero-order valence-corrected chi connectivity index (χ0v) is 15.3. The Labute approximate surface area is 154 Å². The van der Waals surface area contributed by atoms with Crippen molar-refractivity contribution in [3.05, 3.63) is 59.3 Å². The number of hydrogen-bond acceptors (Lipinski definition) is 4. The van der Waals surface area contributed by atoms with Crippen molar-refractivity contribution in [3.8, 4) is 0 Å². The number of aromatic nitrogens is 1. The van der Waals surface area contributed by atoms with Gasteiger partial charge in [-0.3, -0.25) is 4.79 Å². The predicted octanol–water partition coefficient (Wildman–Crippen LogP) is 4.08. The number of nitrogens with one attached hydrogen (secondary N) is 1. The Bertz CT molecular complexity index is 752. The maximum absolute atomic E-state index is 12.6. The van der Waals surface area contributed by atoms with E-state index in [0.717, 1.165) is 24.2 Å². The summed E-state index contributed by atoms with van der Waals surface area (Å²) in [6.45, 7) is 4.00. The van der Waals surface area contributed by atoms with Gasteiger partial charge in [-0.15, -0.1) is 0 Å². The van der Waals surface area contributed by atoms with Gasteiger partial charge in [0.15, 0.2) is 0 Å². The number of nitrogens with zero attached hydrogens (tertiary/aromatic N) is 2. The summed E-state index contributed by atoms with van der Waals surface area (Å²) in [4.78, 5) is 18.1. The van der Waals surface area contributed by atoms with Crippen LogP contribution in [0.2, 0.25) is 0 Å². The van der Waals surface area contributed by atoms with E-state index in [-0.39, 0.29) is 28.9 Å². The van der Waals surface area contributed by atoms with Crippen LogP contribution in [0.5, 0.6) is 0 Å². The van der Waals surface area contributed by atoms with Crippen molar-refractivity contribution in [2.24, 2.45) is 0 Å². The molecule has 0 atom stereocenters. The monoisotopic (exact) mass is 383 g/mol. The average molecular weight is 383 g/mol. The van der Waals surface area contributed by atoms with Crippen LogP contribution in [0.25, 0.3) is 0 Å². The molecule has 0 aliphatic heterocycles. The van der Waals surface area contributed by atoms with Gasteiger partial charge < -0.3 is 10.2 Å². The van der Waals surface area contributed by atoms with Gasteiger partial charge in [0, 0.05) is 31.0 Å². The molecule has 0 fully saturated rings. The third-order valence-corrected chi connectivity index (χ3v) is 4.42. The molecule has 140 valence electrons. The normalized spacial score (nSPS) is 11.6. The molecule has 0 bridgehead atoms. The molecule has 0 saturated heterocycles. The Balaban J connectivity index is 2.04. The second-order valence-electron chi connectivity index (χ2n) is 5.74. The molecule has 0 aliphatic rings. The highest BCUT2D eigenvalue weighted by molar-refractivity contribution is 8.00. The number of carbonyl (C=O) groups excluding carboxylic acids is 1. The molecule has 0 spiro atoms. The minimum absolute atomic E-state index is 0.0864. The smallest absolute Gasteiger partial charge is 0.348 e. The molecule has 0 saturated carbocycles. The zero-order valence-electron chi connectivity index (χ0n) is 14.5. The van der Waals surface area contributed by atoms with Gasteiger partial charge in [0.25, 0.3) is 5.91 Å². The van der Waals surface area contributed by atoms with Crippen LogP contribution >= 0.6 is 11.8 Å². The van der Waals surface area contributed by atoms with Crippen molar-refractivity contribution in [1.82, 2.24) is 15.2 Å². The molecule has 1 heterocycles. The molecular formula is C18H20F3N3OS. The fourth-order valence-electron chi connectivity index (χ4n) is 2.29. The number of alkyl halides is 3. The van der Waals surface area contributed by atoms with Crippen LogP contribution in [-0.4, -0.2) is 34.9 Å². The molecule has 26 heavy (non-hydrogen) atoms. The van der Waals surface area contributed by atoms with Gasteiger partial charge in [-0.1, -0.05) is 31.2 Å². The van der Waals surface area contributed by atoms with Crippen molar-refractivity contribution in [2.45, 2.75) is 30.5 Å². The van der Waals surface area contributed by atoms with Crippen LogP contribution in [0, 0.1) is 0 Å². The highest BCUT2D eigenvalue weighted by Gasteiger charge is 2.32. The van der Waals surface area contributed by atoms with E-state index >= 15 is 0 Å². The lowest BCUT2D eigenvalue weighted by atomic mass is 10.1. The first-order valence-electron chi connectivity index (χ1n) is 8.04. The molecule has 0 aliphatic carbocycles. The Kier molecular flexibility index (Phi) is 7.05. The molecule has 8 heteroatoms. The summed E-state index contributed by atoms with van der Waals surface area (Å²) in [6.07, 6.45) is 1.23. The first-order chi connectivity index (χ1) is 12.3. The largest absolute Gasteiger partial charge is 0.447 e. The number of benzene rings is 1. The summed E-state index contributed by atoms with van der Waals surface area (Å²) in [7, 11) is 2.01. The lowest BCUT2D eigenvalue weighted by molar-refractivity contribution is -0.0329. The summed E-state index contributed by atoms with van der Waals surface area (Å²) >= 11 is -0.388. The van der Waals surface area contributed by atoms with Crippen molar-refractivity contribution in [1.29, 1.82) is 0 Å². The predicted molar refractivity (Wildman–Crippen MR) is 95.8 cm³/mol. The number of thioether (sulfide) groups is 1. The molecular weight excluding hydrogens is 363 g/mol. The van der Waals surface area contributed by atoms with Gasteiger partial charge >= 0.3 is 5.51 Å². The second-order valence-corrected chi connectivity index (χ2v) is 6.79. The van der Waals surface area contributed by atoms with Gasteiger partial charge in [0.1, 0.15) is 5.03 Å². The highest BCUT2D eigenvalue weighted by Crippen LogP contribution is 2.37. The van der Waals surface area contributed by atoms with Crippen LogP contribution in [0.4, 0.5) is 13.2 Å². The van der Waals surface area contributed by atoms with E-state index in [2.05, 4.69) is 22.1 Å². The van der Waals surface area contributed by atoms with Crippen LogP contribution in [-0.2, 0) is 13.1 Å².